The van der Waals surface area contributed by atoms with E-state index >= 15 is 0 Å². The number of rotatable bonds is 5. The zero-order chi connectivity index (χ0) is 12.0. The number of nitrogens with one attached hydrogen (secondary N) is 1. The zero-order valence-corrected chi connectivity index (χ0v) is 10.1. The SMILES string of the molecule is CCCC[C@H](N)C(=O)Nc1ccc(Cl)cc1. The Morgan fingerprint density at radius 3 is 2.62 bits per heavy atom. The second-order valence-electron chi connectivity index (χ2n) is 3.74. The van der Waals surface area contributed by atoms with Gasteiger partial charge in [-0.2, -0.15) is 0 Å². The average molecular weight is 241 g/mol. The van der Waals surface area contributed by atoms with Gasteiger partial charge in [-0.15, -0.1) is 0 Å². The molecule has 0 aliphatic heterocycles. The minimum absolute atomic E-state index is 0.143. The number of hydrogen-bond donors (Lipinski definition) is 2. The highest BCUT2D eigenvalue weighted by Gasteiger charge is 2.12. The van der Waals surface area contributed by atoms with Crippen molar-refractivity contribution in [1.29, 1.82) is 0 Å². The molecule has 0 radical (unpaired) electrons. The Labute approximate surface area is 101 Å². The molecule has 0 bridgehead atoms. The van der Waals surface area contributed by atoms with Crippen LogP contribution >= 0.6 is 11.6 Å². The molecule has 1 amide bonds. The molecule has 0 saturated carbocycles. The summed E-state index contributed by atoms with van der Waals surface area (Å²) in [5.74, 6) is -0.143. The first-order valence-electron chi connectivity index (χ1n) is 5.45. The van der Waals surface area contributed by atoms with Crippen LogP contribution in [0, 0.1) is 0 Å². The molecule has 0 spiro atoms. The van der Waals surface area contributed by atoms with Gasteiger partial charge in [0.1, 0.15) is 0 Å². The van der Waals surface area contributed by atoms with Gasteiger partial charge in [0.2, 0.25) is 5.91 Å². The molecule has 0 aliphatic rings. The molecule has 0 unspecified atom stereocenters. The van der Waals surface area contributed by atoms with Crippen LogP contribution in [-0.4, -0.2) is 11.9 Å². The normalized spacial score (nSPS) is 12.2. The quantitative estimate of drug-likeness (QED) is 0.832. The smallest absolute Gasteiger partial charge is 0.241 e. The Morgan fingerprint density at radius 2 is 2.06 bits per heavy atom. The van der Waals surface area contributed by atoms with Crippen LogP contribution < -0.4 is 11.1 Å². The van der Waals surface area contributed by atoms with E-state index in [2.05, 4.69) is 12.2 Å². The van der Waals surface area contributed by atoms with Gasteiger partial charge in [-0.3, -0.25) is 4.79 Å². The Morgan fingerprint density at radius 1 is 1.44 bits per heavy atom. The fraction of sp³-hybridized carbons (Fsp3) is 0.417. The number of halogens is 1. The van der Waals surface area contributed by atoms with E-state index in [9.17, 15) is 4.79 Å². The number of amides is 1. The number of benzene rings is 1. The van der Waals surface area contributed by atoms with Gasteiger partial charge in [0.25, 0.3) is 0 Å². The van der Waals surface area contributed by atoms with Gasteiger partial charge >= 0.3 is 0 Å². The lowest BCUT2D eigenvalue weighted by atomic mass is 10.1. The van der Waals surface area contributed by atoms with Crippen LogP contribution in [-0.2, 0) is 4.79 Å². The monoisotopic (exact) mass is 240 g/mol. The highest BCUT2D eigenvalue weighted by molar-refractivity contribution is 6.30. The van der Waals surface area contributed by atoms with Crippen molar-refractivity contribution in [2.75, 3.05) is 5.32 Å². The molecule has 0 fully saturated rings. The zero-order valence-electron chi connectivity index (χ0n) is 9.37. The van der Waals surface area contributed by atoms with E-state index in [0.717, 1.165) is 24.9 Å². The first kappa shape index (κ1) is 13.0. The summed E-state index contributed by atoms with van der Waals surface area (Å²) in [5.41, 5.74) is 6.47. The third-order valence-corrected chi connectivity index (χ3v) is 2.57. The maximum atomic E-state index is 11.6. The highest BCUT2D eigenvalue weighted by atomic mass is 35.5. The van der Waals surface area contributed by atoms with E-state index in [1.165, 1.54) is 0 Å². The Balaban J connectivity index is 2.47. The molecular weight excluding hydrogens is 224 g/mol. The second-order valence-corrected chi connectivity index (χ2v) is 4.18. The lowest BCUT2D eigenvalue weighted by Gasteiger charge is -2.11. The van der Waals surface area contributed by atoms with Gasteiger partial charge in [0.15, 0.2) is 0 Å². The third-order valence-electron chi connectivity index (χ3n) is 2.32. The molecule has 0 aliphatic carbocycles. The third kappa shape index (κ3) is 4.21. The van der Waals surface area contributed by atoms with Crippen LogP contribution in [0.4, 0.5) is 5.69 Å². The van der Waals surface area contributed by atoms with E-state index in [1.807, 2.05) is 0 Å². The molecule has 0 saturated heterocycles. The molecule has 3 N–H and O–H groups in total. The van der Waals surface area contributed by atoms with E-state index in [4.69, 9.17) is 17.3 Å². The van der Waals surface area contributed by atoms with Gasteiger partial charge in [0.05, 0.1) is 6.04 Å². The topological polar surface area (TPSA) is 55.1 Å². The summed E-state index contributed by atoms with van der Waals surface area (Å²) in [4.78, 5) is 11.6. The Kier molecular flexibility index (Phi) is 5.29. The number of hydrogen-bond acceptors (Lipinski definition) is 2. The second kappa shape index (κ2) is 6.51. The van der Waals surface area contributed by atoms with Crippen molar-refractivity contribution >= 4 is 23.2 Å². The lowest BCUT2D eigenvalue weighted by molar-refractivity contribution is -0.117. The number of unbranched alkanes of at least 4 members (excludes halogenated alkanes) is 1. The largest absolute Gasteiger partial charge is 0.325 e. The van der Waals surface area contributed by atoms with Crippen molar-refractivity contribution in [2.24, 2.45) is 5.73 Å². The fourth-order valence-electron chi connectivity index (χ4n) is 1.32. The summed E-state index contributed by atoms with van der Waals surface area (Å²) < 4.78 is 0. The van der Waals surface area contributed by atoms with Crippen LogP contribution in [0.25, 0.3) is 0 Å². The highest BCUT2D eigenvalue weighted by Crippen LogP contribution is 2.13. The van der Waals surface area contributed by atoms with Gasteiger partial charge in [-0.05, 0) is 30.7 Å². The molecule has 16 heavy (non-hydrogen) atoms. The van der Waals surface area contributed by atoms with E-state index in [0.29, 0.717) is 5.02 Å². The van der Waals surface area contributed by atoms with Crippen molar-refractivity contribution in [3.05, 3.63) is 29.3 Å². The lowest BCUT2D eigenvalue weighted by Crippen LogP contribution is -2.35. The summed E-state index contributed by atoms with van der Waals surface area (Å²) >= 11 is 5.74. The van der Waals surface area contributed by atoms with Crippen molar-refractivity contribution in [3.8, 4) is 0 Å². The molecule has 0 aromatic heterocycles. The van der Waals surface area contributed by atoms with Crippen molar-refractivity contribution in [1.82, 2.24) is 0 Å². The molecule has 1 aromatic rings. The summed E-state index contributed by atoms with van der Waals surface area (Å²) in [6, 6.07) is 6.54. The predicted octanol–water partition coefficient (Wildman–Crippen LogP) is 2.80. The van der Waals surface area contributed by atoms with Gasteiger partial charge in [-0.25, -0.2) is 0 Å². The van der Waals surface area contributed by atoms with Crippen LogP contribution in [0.3, 0.4) is 0 Å². The molecular formula is C12H17ClN2O. The van der Waals surface area contributed by atoms with Crippen LogP contribution in [0.15, 0.2) is 24.3 Å². The Hall–Kier alpha value is -1.06. The maximum absolute atomic E-state index is 11.6. The molecule has 88 valence electrons. The standard InChI is InChI=1S/C12H17ClN2O/c1-2-3-4-11(14)12(16)15-10-7-5-9(13)6-8-10/h5-8,11H,2-4,14H2,1H3,(H,15,16)/t11-/m0/s1. The fourth-order valence-corrected chi connectivity index (χ4v) is 1.45. The van der Waals surface area contributed by atoms with Crippen molar-refractivity contribution in [2.45, 2.75) is 32.2 Å². The van der Waals surface area contributed by atoms with Crippen molar-refractivity contribution < 1.29 is 4.79 Å². The summed E-state index contributed by atoms with van der Waals surface area (Å²) in [6.07, 6.45) is 2.73. The first-order chi connectivity index (χ1) is 7.63. The van der Waals surface area contributed by atoms with E-state index in [1.54, 1.807) is 24.3 Å². The molecule has 3 nitrogen and oxygen atoms in total. The minimum atomic E-state index is -0.435. The number of nitrogens with two attached hydrogens (primary N) is 1. The van der Waals surface area contributed by atoms with Gasteiger partial charge in [-0.1, -0.05) is 31.4 Å². The van der Waals surface area contributed by atoms with Crippen LogP contribution in [0.5, 0.6) is 0 Å². The molecule has 0 heterocycles. The van der Waals surface area contributed by atoms with Crippen molar-refractivity contribution in [3.63, 3.8) is 0 Å². The maximum Gasteiger partial charge on any atom is 0.241 e. The summed E-state index contributed by atoms with van der Waals surface area (Å²) in [5, 5.41) is 3.40. The van der Waals surface area contributed by atoms with Gasteiger partial charge in [0, 0.05) is 10.7 Å². The number of carbonyl (C=O) groups excluding carboxylic acids is 1. The summed E-state index contributed by atoms with van der Waals surface area (Å²) in [7, 11) is 0. The average Bonchev–Trinajstić information content (AvgIpc) is 2.29. The Bertz CT molecular complexity index is 337. The van der Waals surface area contributed by atoms with E-state index in [-0.39, 0.29) is 5.91 Å². The van der Waals surface area contributed by atoms with Gasteiger partial charge < -0.3 is 11.1 Å². The summed E-state index contributed by atoms with van der Waals surface area (Å²) in [6.45, 7) is 2.07. The predicted molar refractivity (Wildman–Crippen MR) is 67.6 cm³/mol. The molecule has 1 rings (SSSR count). The molecule has 1 atom stereocenters. The van der Waals surface area contributed by atoms with Crippen LogP contribution in [0.1, 0.15) is 26.2 Å². The molecule has 1 aromatic carbocycles. The number of carbonyl (C=O) groups is 1. The number of anilines is 1. The van der Waals surface area contributed by atoms with Crippen LogP contribution in [0.2, 0.25) is 5.02 Å². The minimum Gasteiger partial charge on any atom is -0.325 e. The molecule has 4 heteroatoms. The first-order valence-corrected chi connectivity index (χ1v) is 5.83. The van der Waals surface area contributed by atoms with E-state index < -0.39 is 6.04 Å².